The number of benzene rings is 2. The molecule has 0 bridgehead atoms. The average Bonchev–Trinajstić information content (AvgIpc) is 3.16. The van der Waals surface area contributed by atoms with Crippen molar-refractivity contribution >= 4 is 44.0 Å². The Bertz CT molecular complexity index is 1240. The van der Waals surface area contributed by atoms with Crippen molar-refractivity contribution in [3.8, 4) is 0 Å². The van der Waals surface area contributed by atoms with Crippen LogP contribution in [-0.4, -0.2) is 21.2 Å². The van der Waals surface area contributed by atoms with Gasteiger partial charge in [0.05, 0.1) is 15.9 Å². The number of nitrogens with zero attached hydrogens (tertiary/aromatic N) is 3. The maximum atomic E-state index is 12.0. The summed E-state index contributed by atoms with van der Waals surface area (Å²) in [4.78, 5) is 28.3. The second-order valence-electron chi connectivity index (χ2n) is 6.59. The van der Waals surface area contributed by atoms with Crippen LogP contribution in [0, 0.1) is 0 Å². The summed E-state index contributed by atoms with van der Waals surface area (Å²) in [6, 6.07) is 20.5. The number of pyridine rings is 1. The van der Waals surface area contributed by atoms with Crippen molar-refractivity contribution in [2.24, 2.45) is 5.10 Å². The molecule has 0 unspecified atom stereocenters. The Morgan fingerprint density at radius 2 is 1.83 bits per heavy atom. The Hall–Kier alpha value is -3.78. The second kappa shape index (κ2) is 8.71. The number of hydrogen-bond acceptors (Lipinski definition) is 6. The highest BCUT2D eigenvalue weighted by Gasteiger charge is 2.06. The lowest BCUT2D eigenvalue weighted by Gasteiger charge is -2.06. The molecule has 2 aromatic heterocycles. The van der Waals surface area contributed by atoms with E-state index >= 15 is 0 Å². The summed E-state index contributed by atoms with van der Waals surface area (Å²) < 4.78 is 2.45. The molecule has 8 heteroatoms. The molecule has 1 amide bonds. The minimum absolute atomic E-state index is 0.0819. The predicted molar refractivity (Wildman–Crippen MR) is 120 cm³/mol. The van der Waals surface area contributed by atoms with Gasteiger partial charge in [-0.05, 0) is 42.8 Å². The van der Waals surface area contributed by atoms with Gasteiger partial charge in [0.25, 0.3) is 11.5 Å². The van der Waals surface area contributed by atoms with E-state index in [-0.39, 0.29) is 18.0 Å². The van der Waals surface area contributed by atoms with Crippen molar-refractivity contribution in [1.82, 2.24) is 15.0 Å². The molecule has 0 radical (unpaired) electrons. The summed E-state index contributed by atoms with van der Waals surface area (Å²) in [6.45, 7) is 1.73. The molecule has 0 aliphatic rings. The summed E-state index contributed by atoms with van der Waals surface area (Å²) in [6.07, 6.45) is 1.57. The third-order valence-electron chi connectivity index (χ3n) is 4.41. The Labute approximate surface area is 176 Å². The molecule has 0 saturated heterocycles. The monoisotopic (exact) mass is 417 g/mol. The Morgan fingerprint density at radius 1 is 1.07 bits per heavy atom. The normalized spacial score (nSPS) is 11.4. The minimum atomic E-state index is -0.364. The smallest absolute Gasteiger partial charge is 0.260 e. The number of hydrazone groups is 1. The molecular weight excluding hydrogens is 398 g/mol. The highest BCUT2D eigenvalue weighted by atomic mass is 32.1. The second-order valence-corrected chi connectivity index (χ2v) is 7.62. The van der Waals surface area contributed by atoms with Crippen molar-refractivity contribution < 1.29 is 4.79 Å². The van der Waals surface area contributed by atoms with E-state index in [9.17, 15) is 9.59 Å². The fourth-order valence-corrected chi connectivity index (χ4v) is 3.72. The maximum Gasteiger partial charge on any atom is 0.260 e. The van der Waals surface area contributed by atoms with Gasteiger partial charge in [-0.25, -0.2) is 10.4 Å². The maximum absolute atomic E-state index is 12.0. The molecule has 4 rings (SSSR count). The average molecular weight is 417 g/mol. The SMILES string of the molecule is C/C(=N/NC(=O)Cn1ccccc1=O)c1ccc(Nc2nc3ccccc3s2)cc1. The highest BCUT2D eigenvalue weighted by Crippen LogP contribution is 2.28. The van der Waals surface area contributed by atoms with E-state index in [1.165, 1.54) is 10.6 Å². The molecule has 30 heavy (non-hydrogen) atoms. The summed E-state index contributed by atoms with van der Waals surface area (Å²) in [5.74, 6) is -0.364. The van der Waals surface area contributed by atoms with Crippen LogP contribution in [0.1, 0.15) is 12.5 Å². The van der Waals surface area contributed by atoms with Gasteiger partial charge in [0.2, 0.25) is 0 Å². The molecule has 0 saturated carbocycles. The third-order valence-corrected chi connectivity index (χ3v) is 5.36. The Morgan fingerprint density at radius 3 is 2.60 bits per heavy atom. The van der Waals surface area contributed by atoms with Gasteiger partial charge in [0.1, 0.15) is 6.54 Å². The van der Waals surface area contributed by atoms with Crippen LogP contribution in [0.3, 0.4) is 0 Å². The fourth-order valence-electron chi connectivity index (χ4n) is 2.84. The zero-order valence-electron chi connectivity index (χ0n) is 16.2. The number of amides is 1. The number of carbonyl (C=O) groups excluding carboxylic acids is 1. The van der Waals surface area contributed by atoms with E-state index in [1.807, 2.05) is 55.5 Å². The standard InChI is InChI=1S/C22H19N5O2S/c1-15(25-26-20(28)14-27-13-5-4-8-21(27)29)16-9-11-17(12-10-16)23-22-24-18-6-2-3-7-19(18)30-22/h2-13H,14H2,1H3,(H,23,24)(H,26,28)/b25-15-. The van der Waals surface area contributed by atoms with E-state index in [0.717, 1.165) is 26.6 Å². The quantitative estimate of drug-likeness (QED) is 0.369. The van der Waals surface area contributed by atoms with Crippen molar-refractivity contribution in [2.75, 3.05) is 5.32 Å². The molecule has 2 aromatic carbocycles. The largest absolute Gasteiger partial charge is 0.332 e. The van der Waals surface area contributed by atoms with Crippen LogP contribution < -0.4 is 16.3 Å². The number of para-hydroxylation sites is 1. The number of thiazole rings is 1. The number of hydrogen-bond donors (Lipinski definition) is 2. The van der Waals surface area contributed by atoms with Gasteiger partial charge in [-0.15, -0.1) is 0 Å². The zero-order valence-corrected chi connectivity index (χ0v) is 17.0. The summed E-state index contributed by atoms with van der Waals surface area (Å²) in [7, 11) is 0. The summed E-state index contributed by atoms with van der Waals surface area (Å²) in [5.41, 5.74) is 5.68. The lowest BCUT2D eigenvalue weighted by molar-refractivity contribution is -0.121. The fraction of sp³-hybridized carbons (Fsp3) is 0.0909. The third kappa shape index (κ3) is 4.61. The first-order valence-corrected chi connectivity index (χ1v) is 10.1. The summed E-state index contributed by atoms with van der Waals surface area (Å²) >= 11 is 1.60. The van der Waals surface area contributed by atoms with Crippen LogP contribution in [0.4, 0.5) is 10.8 Å². The first-order valence-electron chi connectivity index (χ1n) is 9.30. The van der Waals surface area contributed by atoms with Crippen LogP contribution in [0.25, 0.3) is 10.2 Å². The molecule has 0 spiro atoms. The van der Waals surface area contributed by atoms with Gasteiger partial charge in [-0.3, -0.25) is 9.59 Å². The molecule has 0 fully saturated rings. The molecule has 4 aromatic rings. The number of fused-ring (bicyclic) bond motifs is 1. The van der Waals surface area contributed by atoms with Crippen LogP contribution >= 0.6 is 11.3 Å². The van der Waals surface area contributed by atoms with Gasteiger partial charge in [0.15, 0.2) is 5.13 Å². The van der Waals surface area contributed by atoms with Gasteiger partial charge in [-0.1, -0.05) is 41.7 Å². The van der Waals surface area contributed by atoms with Crippen molar-refractivity contribution in [2.45, 2.75) is 13.5 Å². The number of nitrogens with one attached hydrogen (secondary N) is 2. The lowest BCUT2D eigenvalue weighted by atomic mass is 10.1. The van der Waals surface area contributed by atoms with Crippen molar-refractivity contribution in [3.05, 3.63) is 88.8 Å². The highest BCUT2D eigenvalue weighted by molar-refractivity contribution is 7.22. The van der Waals surface area contributed by atoms with E-state index in [0.29, 0.717) is 5.71 Å². The number of aromatic nitrogens is 2. The molecule has 2 heterocycles. The Kier molecular flexibility index (Phi) is 5.67. The van der Waals surface area contributed by atoms with Gasteiger partial charge >= 0.3 is 0 Å². The molecule has 7 nitrogen and oxygen atoms in total. The molecular formula is C22H19N5O2S. The molecule has 0 aliphatic heterocycles. The number of carbonyl (C=O) groups is 1. The van der Waals surface area contributed by atoms with Crippen molar-refractivity contribution in [1.29, 1.82) is 0 Å². The van der Waals surface area contributed by atoms with Crippen LogP contribution in [0.15, 0.2) is 82.8 Å². The predicted octanol–water partition coefficient (Wildman–Crippen LogP) is 3.74. The molecule has 0 aliphatic carbocycles. The molecule has 2 N–H and O–H groups in total. The molecule has 0 atom stereocenters. The van der Waals surface area contributed by atoms with Crippen LogP contribution in [-0.2, 0) is 11.3 Å². The Balaban J connectivity index is 1.38. The number of rotatable bonds is 6. The van der Waals surface area contributed by atoms with Gasteiger partial charge in [0, 0.05) is 18.0 Å². The molecule has 150 valence electrons. The van der Waals surface area contributed by atoms with E-state index < -0.39 is 0 Å². The van der Waals surface area contributed by atoms with Gasteiger partial charge < -0.3 is 9.88 Å². The first kappa shape index (κ1) is 19.5. The lowest BCUT2D eigenvalue weighted by Crippen LogP contribution is -2.29. The zero-order chi connectivity index (χ0) is 20.9. The van der Waals surface area contributed by atoms with E-state index in [1.54, 1.807) is 29.7 Å². The van der Waals surface area contributed by atoms with E-state index in [2.05, 4.69) is 20.8 Å². The van der Waals surface area contributed by atoms with Crippen LogP contribution in [0.5, 0.6) is 0 Å². The van der Waals surface area contributed by atoms with E-state index in [4.69, 9.17) is 0 Å². The first-order chi connectivity index (χ1) is 14.6. The van der Waals surface area contributed by atoms with Crippen LogP contribution in [0.2, 0.25) is 0 Å². The van der Waals surface area contributed by atoms with Gasteiger partial charge in [-0.2, -0.15) is 5.10 Å². The number of anilines is 2. The topological polar surface area (TPSA) is 88.4 Å². The minimum Gasteiger partial charge on any atom is -0.332 e. The summed E-state index contributed by atoms with van der Waals surface area (Å²) in [5, 5.41) is 8.27. The van der Waals surface area contributed by atoms with Crippen molar-refractivity contribution in [3.63, 3.8) is 0 Å².